The molecule has 6 nitrogen and oxygen atoms in total. The first-order valence-corrected chi connectivity index (χ1v) is 11.3. The fourth-order valence-corrected chi connectivity index (χ4v) is 4.59. The number of aryl methyl sites for hydroxylation is 1. The summed E-state index contributed by atoms with van der Waals surface area (Å²) in [4.78, 5) is 28.9. The molecule has 2 aliphatic rings. The van der Waals surface area contributed by atoms with Gasteiger partial charge in [-0.15, -0.1) is 0 Å². The lowest BCUT2D eigenvalue weighted by molar-refractivity contribution is -0.907. The van der Waals surface area contributed by atoms with Gasteiger partial charge in [0, 0.05) is 10.0 Å². The van der Waals surface area contributed by atoms with Gasteiger partial charge in [0.15, 0.2) is 0 Å². The molecule has 2 aromatic rings. The summed E-state index contributed by atoms with van der Waals surface area (Å²) >= 11 is 3.47. The van der Waals surface area contributed by atoms with Crippen molar-refractivity contribution in [2.45, 2.75) is 13.0 Å². The number of nitrogens with one attached hydrogen (secondary N) is 1. The highest BCUT2D eigenvalue weighted by Gasteiger charge is 2.44. The maximum Gasteiger partial charge on any atom is 0.295 e. The summed E-state index contributed by atoms with van der Waals surface area (Å²) in [5.41, 5.74) is 2.22. The van der Waals surface area contributed by atoms with Crippen LogP contribution in [0.25, 0.3) is 5.76 Å². The van der Waals surface area contributed by atoms with Crippen molar-refractivity contribution < 1.29 is 24.3 Å². The van der Waals surface area contributed by atoms with E-state index in [2.05, 4.69) is 15.9 Å². The molecule has 0 bridgehead atoms. The first-order valence-electron chi connectivity index (χ1n) is 10.5. The lowest BCUT2D eigenvalue weighted by atomic mass is 9.95. The van der Waals surface area contributed by atoms with Gasteiger partial charge >= 0.3 is 0 Å². The molecule has 1 unspecified atom stereocenters. The SMILES string of the molecule is Cc1ccc(C([O-])=C2C(=O)C(=O)N(CC[NH+]3CCOCC3)C2c2cccc(Br)c2)cc1. The minimum absolute atomic E-state index is 0.0314. The third kappa shape index (κ3) is 4.59. The third-order valence-electron chi connectivity index (χ3n) is 5.91. The van der Waals surface area contributed by atoms with Gasteiger partial charge in [-0.3, -0.25) is 9.59 Å². The van der Waals surface area contributed by atoms with Crippen LogP contribution in [0, 0.1) is 6.92 Å². The Bertz CT molecular complexity index is 1010. The zero-order valence-electron chi connectivity index (χ0n) is 17.4. The van der Waals surface area contributed by atoms with Crippen LogP contribution in [0.3, 0.4) is 0 Å². The van der Waals surface area contributed by atoms with Crippen LogP contribution in [0.15, 0.2) is 58.6 Å². The molecule has 0 aromatic heterocycles. The fourth-order valence-electron chi connectivity index (χ4n) is 4.17. The maximum absolute atomic E-state index is 13.4. The summed E-state index contributed by atoms with van der Waals surface area (Å²) < 4.78 is 6.24. The standard InChI is InChI=1S/C24H25BrN2O4/c1-16-5-7-17(8-6-16)22(28)20-21(18-3-2-4-19(25)15-18)27(24(30)23(20)29)10-9-26-11-13-31-14-12-26/h2-8,15,21,28H,9-14H2,1H3. The highest BCUT2D eigenvalue weighted by molar-refractivity contribution is 9.10. The molecule has 162 valence electrons. The van der Waals surface area contributed by atoms with Crippen LogP contribution in [-0.4, -0.2) is 56.0 Å². The molecule has 4 rings (SSSR count). The minimum Gasteiger partial charge on any atom is -0.872 e. The van der Waals surface area contributed by atoms with Crippen molar-refractivity contribution in [3.63, 3.8) is 0 Å². The second-order valence-electron chi connectivity index (χ2n) is 8.01. The number of amides is 1. The topological polar surface area (TPSA) is 74.1 Å². The molecule has 1 atom stereocenters. The molecule has 1 N–H and O–H groups in total. The van der Waals surface area contributed by atoms with Crippen molar-refractivity contribution in [3.05, 3.63) is 75.3 Å². The fraction of sp³-hybridized carbons (Fsp3) is 0.333. The van der Waals surface area contributed by atoms with Crippen molar-refractivity contribution in [2.24, 2.45) is 0 Å². The van der Waals surface area contributed by atoms with E-state index in [1.165, 1.54) is 4.90 Å². The van der Waals surface area contributed by atoms with Gasteiger partial charge in [-0.2, -0.15) is 0 Å². The smallest absolute Gasteiger partial charge is 0.295 e. The number of halogens is 1. The van der Waals surface area contributed by atoms with E-state index in [0.717, 1.165) is 28.7 Å². The molecule has 2 aromatic carbocycles. The summed E-state index contributed by atoms with van der Waals surface area (Å²) in [6.07, 6.45) is 0. The van der Waals surface area contributed by atoms with Crippen LogP contribution in [-0.2, 0) is 14.3 Å². The number of benzene rings is 2. The molecule has 0 saturated carbocycles. The zero-order valence-corrected chi connectivity index (χ0v) is 19.0. The van der Waals surface area contributed by atoms with Gasteiger partial charge < -0.3 is 19.6 Å². The summed E-state index contributed by atoms with van der Waals surface area (Å²) in [6.45, 7) is 6.18. The summed E-state index contributed by atoms with van der Waals surface area (Å²) in [5, 5.41) is 13.4. The van der Waals surface area contributed by atoms with Gasteiger partial charge in [0.1, 0.15) is 13.1 Å². The van der Waals surface area contributed by atoms with E-state index in [1.54, 1.807) is 17.0 Å². The van der Waals surface area contributed by atoms with E-state index in [0.29, 0.717) is 31.9 Å². The van der Waals surface area contributed by atoms with Gasteiger partial charge in [-0.25, -0.2) is 0 Å². The second-order valence-corrected chi connectivity index (χ2v) is 8.92. The first kappa shape index (κ1) is 21.7. The second kappa shape index (κ2) is 9.34. The Balaban J connectivity index is 1.73. The predicted molar refractivity (Wildman–Crippen MR) is 118 cm³/mol. The average Bonchev–Trinajstić information content (AvgIpc) is 3.03. The number of rotatable bonds is 5. The largest absolute Gasteiger partial charge is 0.872 e. The van der Waals surface area contributed by atoms with E-state index >= 15 is 0 Å². The van der Waals surface area contributed by atoms with E-state index in [-0.39, 0.29) is 11.3 Å². The van der Waals surface area contributed by atoms with Crippen LogP contribution in [0.2, 0.25) is 0 Å². The van der Waals surface area contributed by atoms with E-state index < -0.39 is 17.7 Å². The molecular formula is C24H25BrN2O4. The molecule has 2 aliphatic heterocycles. The van der Waals surface area contributed by atoms with Crippen molar-refractivity contribution in [1.82, 2.24) is 4.90 Å². The number of carbonyl (C=O) groups excluding carboxylic acids is 2. The molecule has 2 fully saturated rings. The monoisotopic (exact) mass is 484 g/mol. The van der Waals surface area contributed by atoms with Crippen molar-refractivity contribution in [3.8, 4) is 0 Å². The number of quaternary nitrogens is 1. The number of ketones is 1. The molecule has 0 aliphatic carbocycles. The van der Waals surface area contributed by atoms with Crippen LogP contribution >= 0.6 is 15.9 Å². The number of hydrogen-bond acceptors (Lipinski definition) is 4. The average molecular weight is 485 g/mol. The normalized spacial score (nSPS) is 21.6. The Labute approximate surface area is 190 Å². The molecule has 2 saturated heterocycles. The summed E-state index contributed by atoms with van der Waals surface area (Å²) in [6, 6.07) is 13.9. The number of hydrogen-bond donors (Lipinski definition) is 1. The highest BCUT2D eigenvalue weighted by Crippen LogP contribution is 2.39. The molecule has 0 radical (unpaired) electrons. The van der Waals surface area contributed by atoms with Crippen LogP contribution < -0.4 is 10.0 Å². The highest BCUT2D eigenvalue weighted by atomic mass is 79.9. The Morgan fingerprint density at radius 3 is 2.55 bits per heavy atom. The summed E-state index contributed by atoms with van der Waals surface area (Å²) in [5.74, 6) is -1.69. The number of morpholine rings is 1. The van der Waals surface area contributed by atoms with Crippen LogP contribution in [0.4, 0.5) is 0 Å². The minimum atomic E-state index is -0.701. The van der Waals surface area contributed by atoms with Gasteiger partial charge in [0.05, 0.1) is 32.3 Å². The van der Waals surface area contributed by atoms with Gasteiger partial charge in [-0.05, 0) is 30.2 Å². The lowest BCUT2D eigenvalue weighted by Crippen LogP contribution is -3.14. The number of Topliss-reactive ketones (excluding diaryl/α,β-unsaturated/α-hetero) is 1. The van der Waals surface area contributed by atoms with Gasteiger partial charge in [-0.1, -0.05) is 63.7 Å². The van der Waals surface area contributed by atoms with Crippen LogP contribution in [0.1, 0.15) is 22.7 Å². The van der Waals surface area contributed by atoms with Crippen molar-refractivity contribution in [1.29, 1.82) is 0 Å². The molecule has 7 heteroatoms. The molecule has 2 heterocycles. The predicted octanol–water partition coefficient (Wildman–Crippen LogP) is 0.897. The number of carbonyl (C=O) groups is 2. The Morgan fingerprint density at radius 2 is 1.87 bits per heavy atom. The maximum atomic E-state index is 13.4. The van der Waals surface area contributed by atoms with Gasteiger partial charge in [0.25, 0.3) is 5.91 Å². The Kier molecular flexibility index (Phi) is 6.55. The molecule has 31 heavy (non-hydrogen) atoms. The Morgan fingerprint density at radius 1 is 1.16 bits per heavy atom. The lowest BCUT2D eigenvalue weighted by Gasteiger charge is -2.30. The quantitative estimate of drug-likeness (QED) is 0.388. The first-order chi connectivity index (χ1) is 15.0. The molecule has 1 amide bonds. The van der Waals surface area contributed by atoms with Crippen LogP contribution in [0.5, 0.6) is 0 Å². The van der Waals surface area contributed by atoms with Gasteiger partial charge in [0.2, 0.25) is 5.78 Å². The molecule has 0 spiro atoms. The van der Waals surface area contributed by atoms with Crippen molar-refractivity contribution >= 4 is 33.4 Å². The zero-order chi connectivity index (χ0) is 22.0. The summed E-state index contributed by atoms with van der Waals surface area (Å²) in [7, 11) is 0. The number of ether oxygens (including phenoxy) is 1. The third-order valence-corrected chi connectivity index (χ3v) is 6.41. The number of likely N-dealkylation sites (tertiary alicyclic amines) is 1. The van der Waals surface area contributed by atoms with E-state index in [9.17, 15) is 14.7 Å². The van der Waals surface area contributed by atoms with E-state index in [1.807, 2.05) is 43.3 Å². The molecular weight excluding hydrogens is 460 g/mol. The van der Waals surface area contributed by atoms with Crippen molar-refractivity contribution in [2.75, 3.05) is 39.4 Å². The number of nitrogens with zero attached hydrogens (tertiary/aromatic N) is 1. The Hall–Kier alpha value is -2.48. The van der Waals surface area contributed by atoms with E-state index in [4.69, 9.17) is 4.74 Å².